The van der Waals surface area contributed by atoms with Crippen molar-refractivity contribution in [3.63, 3.8) is 0 Å². The van der Waals surface area contributed by atoms with Crippen molar-refractivity contribution < 1.29 is 17.9 Å². The molecule has 1 aromatic carbocycles. The quantitative estimate of drug-likeness (QED) is 0.454. The monoisotopic (exact) mass is 467 g/mol. The van der Waals surface area contributed by atoms with Crippen molar-refractivity contribution in [1.82, 2.24) is 23.6 Å². The van der Waals surface area contributed by atoms with Crippen LogP contribution in [-0.4, -0.2) is 51.0 Å². The summed E-state index contributed by atoms with van der Waals surface area (Å²) in [6, 6.07) is 8.57. The van der Waals surface area contributed by atoms with Crippen LogP contribution >= 0.6 is 0 Å². The maximum absolute atomic E-state index is 13.4. The first-order valence-electron chi connectivity index (χ1n) is 11.2. The lowest BCUT2D eigenvalue weighted by atomic mass is 9.93. The molecule has 1 saturated heterocycles. The number of fused-ring (bicyclic) bond motifs is 3. The van der Waals surface area contributed by atoms with E-state index in [9.17, 15) is 8.42 Å². The van der Waals surface area contributed by atoms with Crippen molar-refractivity contribution in [2.45, 2.75) is 49.7 Å². The Labute approximate surface area is 191 Å². The van der Waals surface area contributed by atoms with Gasteiger partial charge in [0.15, 0.2) is 17.1 Å². The normalized spacial score (nSPS) is 22.7. The molecule has 172 valence electrons. The molecule has 2 fully saturated rings. The fraction of sp³-hybridized carbons (Fsp3) is 0.435. The number of nitrogens with zero attached hydrogens (tertiary/aromatic N) is 5. The Balaban J connectivity index is 1.49. The zero-order valence-electron chi connectivity index (χ0n) is 18.5. The molecule has 10 heteroatoms. The molecule has 2 atom stereocenters. The highest BCUT2D eigenvalue weighted by atomic mass is 32.2. The minimum absolute atomic E-state index is 0.0887. The largest absolute Gasteiger partial charge is 0.347 e. The SMILES string of the molecule is CCC1CC2(CC1c1nnc3cnc4c(ccn4S(=O)(=O)c4ccc(C)cc4)n13)OCCO2. The van der Waals surface area contributed by atoms with E-state index in [1.807, 2.05) is 11.3 Å². The van der Waals surface area contributed by atoms with Gasteiger partial charge in [-0.15, -0.1) is 10.2 Å². The fourth-order valence-electron chi connectivity index (χ4n) is 5.30. The Morgan fingerprint density at radius 2 is 1.85 bits per heavy atom. The molecule has 1 aliphatic heterocycles. The summed E-state index contributed by atoms with van der Waals surface area (Å²) in [5.74, 6) is 0.665. The predicted molar refractivity (Wildman–Crippen MR) is 120 cm³/mol. The van der Waals surface area contributed by atoms with Crippen LogP contribution in [0.3, 0.4) is 0 Å². The molecule has 0 N–H and O–H groups in total. The molecule has 33 heavy (non-hydrogen) atoms. The lowest BCUT2D eigenvalue weighted by Crippen LogP contribution is -2.26. The zero-order valence-corrected chi connectivity index (χ0v) is 19.3. The van der Waals surface area contributed by atoms with Gasteiger partial charge in [-0.3, -0.25) is 4.40 Å². The smallest absolute Gasteiger partial charge is 0.269 e. The van der Waals surface area contributed by atoms with Crippen LogP contribution in [0.1, 0.15) is 43.5 Å². The summed E-state index contributed by atoms with van der Waals surface area (Å²) in [7, 11) is -3.80. The molecule has 0 radical (unpaired) electrons. The van der Waals surface area contributed by atoms with Crippen LogP contribution in [0.2, 0.25) is 0 Å². The summed E-state index contributed by atoms with van der Waals surface area (Å²) >= 11 is 0. The van der Waals surface area contributed by atoms with Gasteiger partial charge in [-0.1, -0.05) is 31.0 Å². The third-order valence-electron chi connectivity index (χ3n) is 6.98. The highest BCUT2D eigenvalue weighted by molar-refractivity contribution is 7.90. The van der Waals surface area contributed by atoms with E-state index < -0.39 is 15.8 Å². The summed E-state index contributed by atoms with van der Waals surface area (Å²) in [4.78, 5) is 4.66. The number of hydrogen-bond donors (Lipinski definition) is 0. The Morgan fingerprint density at radius 1 is 1.09 bits per heavy atom. The van der Waals surface area contributed by atoms with E-state index >= 15 is 0 Å². The summed E-state index contributed by atoms with van der Waals surface area (Å²) < 4.78 is 41.9. The molecule has 9 nitrogen and oxygen atoms in total. The number of rotatable bonds is 4. The predicted octanol–water partition coefficient (Wildman–Crippen LogP) is 3.27. The molecule has 1 aliphatic carbocycles. The molecule has 2 unspecified atom stereocenters. The van der Waals surface area contributed by atoms with Gasteiger partial charge in [0, 0.05) is 25.0 Å². The highest BCUT2D eigenvalue weighted by Gasteiger charge is 2.50. The molecule has 4 aromatic rings. The number of aryl methyl sites for hydroxylation is 1. The number of ether oxygens (including phenoxy) is 2. The van der Waals surface area contributed by atoms with Gasteiger partial charge in [-0.2, -0.15) is 0 Å². The van der Waals surface area contributed by atoms with Crippen LogP contribution in [0.5, 0.6) is 0 Å². The minimum Gasteiger partial charge on any atom is -0.347 e. The van der Waals surface area contributed by atoms with E-state index in [1.165, 1.54) is 3.97 Å². The molecule has 0 bridgehead atoms. The standard InChI is InChI=1S/C23H25N5O4S/c1-3-16-12-23(31-10-11-32-23)13-18(16)21-26-25-20-14-24-22-19(28(20)21)8-9-27(22)33(29,30)17-6-4-15(2)5-7-17/h4-9,14,16,18H,3,10-13H2,1-2H3. The Morgan fingerprint density at radius 3 is 2.58 bits per heavy atom. The molecule has 3 aromatic heterocycles. The average molecular weight is 468 g/mol. The van der Waals surface area contributed by atoms with Gasteiger partial charge < -0.3 is 9.47 Å². The van der Waals surface area contributed by atoms with Gasteiger partial charge >= 0.3 is 0 Å². The Hall–Kier alpha value is -2.82. The summed E-state index contributed by atoms with van der Waals surface area (Å²) in [6.45, 7) is 5.30. The van der Waals surface area contributed by atoms with Crippen LogP contribution in [0.4, 0.5) is 0 Å². The molecule has 1 spiro atoms. The second-order valence-electron chi connectivity index (χ2n) is 8.94. The molecule has 6 rings (SSSR count). The molecular weight excluding hydrogens is 442 g/mol. The molecule has 0 amide bonds. The minimum atomic E-state index is -3.80. The maximum Gasteiger partial charge on any atom is 0.269 e. The van der Waals surface area contributed by atoms with Gasteiger partial charge in [0.25, 0.3) is 10.0 Å². The molecular formula is C23H25N5O4S. The third-order valence-corrected chi connectivity index (χ3v) is 8.66. The van der Waals surface area contributed by atoms with Crippen LogP contribution in [0.25, 0.3) is 16.8 Å². The van der Waals surface area contributed by atoms with Gasteiger partial charge in [0.05, 0.1) is 29.8 Å². The van der Waals surface area contributed by atoms with Gasteiger partial charge in [0.2, 0.25) is 0 Å². The van der Waals surface area contributed by atoms with Crippen molar-refractivity contribution in [3.8, 4) is 0 Å². The van der Waals surface area contributed by atoms with Crippen molar-refractivity contribution >= 4 is 26.8 Å². The van der Waals surface area contributed by atoms with E-state index in [4.69, 9.17) is 9.47 Å². The Kier molecular flexibility index (Phi) is 4.62. The van der Waals surface area contributed by atoms with E-state index in [0.29, 0.717) is 42.4 Å². The van der Waals surface area contributed by atoms with Crippen molar-refractivity contribution in [1.29, 1.82) is 0 Å². The Bertz CT molecular complexity index is 1450. The highest BCUT2D eigenvalue weighted by Crippen LogP contribution is 2.50. The van der Waals surface area contributed by atoms with Crippen LogP contribution in [0.15, 0.2) is 47.6 Å². The van der Waals surface area contributed by atoms with Gasteiger partial charge in [-0.25, -0.2) is 17.4 Å². The van der Waals surface area contributed by atoms with Crippen molar-refractivity contribution in [3.05, 3.63) is 54.1 Å². The second kappa shape index (κ2) is 7.34. The zero-order chi connectivity index (χ0) is 22.8. The van der Waals surface area contributed by atoms with Crippen LogP contribution < -0.4 is 0 Å². The fourth-order valence-corrected chi connectivity index (χ4v) is 6.60. The molecule has 2 aliphatic rings. The third kappa shape index (κ3) is 3.12. The van der Waals surface area contributed by atoms with E-state index in [2.05, 4.69) is 22.1 Å². The summed E-state index contributed by atoms with van der Waals surface area (Å²) in [6.07, 6.45) is 5.62. The maximum atomic E-state index is 13.4. The molecule has 4 heterocycles. The van der Waals surface area contributed by atoms with E-state index in [1.54, 1.807) is 42.7 Å². The number of benzene rings is 1. The second-order valence-corrected chi connectivity index (χ2v) is 10.8. The topological polar surface area (TPSA) is 101 Å². The first-order valence-corrected chi connectivity index (χ1v) is 12.7. The lowest BCUT2D eigenvalue weighted by Gasteiger charge is -2.21. The van der Waals surface area contributed by atoms with E-state index in [0.717, 1.165) is 24.2 Å². The summed E-state index contributed by atoms with van der Waals surface area (Å²) in [5, 5.41) is 8.87. The van der Waals surface area contributed by atoms with E-state index in [-0.39, 0.29) is 10.8 Å². The van der Waals surface area contributed by atoms with Crippen LogP contribution in [-0.2, 0) is 19.5 Å². The van der Waals surface area contributed by atoms with Crippen molar-refractivity contribution in [2.24, 2.45) is 5.92 Å². The van der Waals surface area contributed by atoms with Gasteiger partial charge in [-0.05, 0) is 31.0 Å². The van der Waals surface area contributed by atoms with Crippen molar-refractivity contribution in [2.75, 3.05) is 13.2 Å². The lowest BCUT2D eigenvalue weighted by molar-refractivity contribution is -0.153. The number of aromatic nitrogens is 5. The molecule has 1 saturated carbocycles. The average Bonchev–Trinajstić information content (AvgIpc) is 3.59. The summed E-state index contributed by atoms with van der Waals surface area (Å²) in [5.41, 5.74) is 2.59. The van der Waals surface area contributed by atoms with Crippen LogP contribution in [0, 0.1) is 12.8 Å². The number of hydrogen-bond acceptors (Lipinski definition) is 7. The van der Waals surface area contributed by atoms with Gasteiger partial charge in [0.1, 0.15) is 5.82 Å². The first-order chi connectivity index (χ1) is 15.9. The first kappa shape index (κ1) is 20.8.